The molecule has 1 saturated carbocycles. The Balaban J connectivity index is 0.00000338. The van der Waals surface area contributed by atoms with E-state index in [1.807, 2.05) is 27.1 Å². The quantitative estimate of drug-likeness (QED) is 0.277. The van der Waals surface area contributed by atoms with Crippen LogP contribution in [-0.2, 0) is 11.3 Å². The van der Waals surface area contributed by atoms with Crippen LogP contribution in [0.25, 0.3) is 0 Å². The molecule has 1 aliphatic rings. The van der Waals surface area contributed by atoms with Crippen molar-refractivity contribution in [1.82, 2.24) is 20.5 Å². The Labute approximate surface area is 178 Å². The van der Waals surface area contributed by atoms with Crippen LogP contribution in [0.1, 0.15) is 38.2 Å². The highest BCUT2D eigenvalue weighted by Gasteiger charge is 2.42. The summed E-state index contributed by atoms with van der Waals surface area (Å²) in [6, 6.07) is 3.67. The van der Waals surface area contributed by atoms with Gasteiger partial charge in [0, 0.05) is 33.4 Å². The second-order valence-corrected chi connectivity index (χ2v) is 7.11. The van der Waals surface area contributed by atoms with Crippen molar-refractivity contribution in [3.8, 4) is 0 Å². The first-order valence-electron chi connectivity index (χ1n) is 8.81. The monoisotopic (exact) mass is 493 g/mol. The molecular formula is C18H29ClIN5O. The number of aliphatic imine (C=N–C) groups is 1. The number of carbonyl (C=O) groups is 1. The first-order valence-corrected chi connectivity index (χ1v) is 9.19. The Morgan fingerprint density at radius 2 is 2.00 bits per heavy atom. The van der Waals surface area contributed by atoms with Gasteiger partial charge < -0.3 is 15.5 Å². The number of amides is 1. The number of rotatable bonds is 6. The van der Waals surface area contributed by atoms with Gasteiger partial charge >= 0.3 is 0 Å². The van der Waals surface area contributed by atoms with Gasteiger partial charge in [-0.2, -0.15) is 0 Å². The van der Waals surface area contributed by atoms with Gasteiger partial charge in [-0.15, -0.1) is 24.0 Å². The average molecular weight is 494 g/mol. The van der Waals surface area contributed by atoms with Crippen molar-refractivity contribution in [2.24, 2.45) is 10.4 Å². The third kappa shape index (κ3) is 6.26. The molecule has 26 heavy (non-hydrogen) atoms. The molecule has 0 radical (unpaired) electrons. The van der Waals surface area contributed by atoms with E-state index >= 15 is 0 Å². The number of carbonyl (C=O) groups excluding carboxylic acids is 1. The maximum Gasteiger partial charge on any atom is 0.230 e. The first-order chi connectivity index (χ1) is 12.0. The summed E-state index contributed by atoms with van der Waals surface area (Å²) in [4.78, 5) is 23.0. The molecule has 6 nitrogen and oxygen atoms in total. The highest BCUT2D eigenvalue weighted by Crippen LogP contribution is 2.38. The summed E-state index contributed by atoms with van der Waals surface area (Å²) in [7, 11) is 3.66. The Kier molecular flexibility index (Phi) is 9.63. The number of guanidine groups is 1. The van der Waals surface area contributed by atoms with Gasteiger partial charge in [0.15, 0.2) is 5.96 Å². The number of halogens is 2. The number of nitrogens with one attached hydrogen (secondary N) is 2. The van der Waals surface area contributed by atoms with E-state index in [0.717, 1.165) is 43.8 Å². The number of pyridine rings is 1. The molecule has 0 aliphatic heterocycles. The number of hydrogen-bond donors (Lipinski definition) is 2. The van der Waals surface area contributed by atoms with Crippen molar-refractivity contribution in [3.63, 3.8) is 0 Å². The number of nitrogens with zero attached hydrogens (tertiary/aromatic N) is 3. The molecule has 1 aromatic heterocycles. The third-order valence-electron chi connectivity index (χ3n) is 4.57. The zero-order chi connectivity index (χ0) is 18.3. The molecule has 2 rings (SSSR count). The maximum absolute atomic E-state index is 12.7. The van der Waals surface area contributed by atoms with Crippen LogP contribution >= 0.6 is 35.6 Å². The normalized spacial score (nSPS) is 15.9. The van der Waals surface area contributed by atoms with Crippen molar-refractivity contribution in [2.75, 3.05) is 27.2 Å². The van der Waals surface area contributed by atoms with Crippen molar-refractivity contribution < 1.29 is 4.79 Å². The van der Waals surface area contributed by atoms with E-state index in [1.165, 1.54) is 0 Å². The molecule has 0 atom stereocenters. The van der Waals surface area contributed by atoms with E-state index in [2.05, 4.69) is 20.6 Å². The molecule has 8 heteroatoms. The minimum absolute atomic E-state index is 0. The Hall–Kier alpha value is -1.09. The minimum Gasteiger partial charge on any atom is -0.357 e. The average Bonchev–Trinajstić information content (AvgIpc) is 3.08. The van der Waals surface area contributed by atoms with Gasteiger partial charge in [0.25, 0.3) is 0 Å². The lowest BCUT2D eigenvalue weighted by Gasteiger charge is -2.31. The maximum atomic E-state index is 12.7. The van der Waals surface area contributed by atoms with E-state index in [1.54, 1.807) is 17.2 Å². The van der Waals surface area contributed by atoms with Gasteiger partial charge in [-0.25, -0.2) is 9.98 Å². The zero-order valence-corrected chi connectivity index (χ0v) is 18.8. The van der Waals surface area contributed by atoms with Crippen molar-refractivity contribution >= 4 is 47.4 Å². The summed E-state index contributed by atoms with van der Waals surface area (Å²) >= 11 is 5.81. The SMILES string of the molecule is CCNC(=NCc1ccc(Cl)nc1)NCC1(C(=O)N(C)C)CCCC1.I. The summed E-state index contributed by atoms with van der Waals surface area (Å²) in [5.41, 5.74) is 0.670. The van der Waals surface area contributed by atoms with E-state index in [9.17, 15) is 4.79 Å². The molecule has 1 aliphatic carbocycles. The number of hydrogen-bond acceptors (Lipinski definition) is 3. The molecule has 1 amide bonds. The fourth-order valence-corrected chi connectivity index (χ4v) is 3.37. The van der Waals surface area contributed by atoms with Crippen molar-refractivity contribution in [3.05, 3.63) is 29.0 Å². The van der Waals surface area contributed by atoms with Crippen LogP contribution in [0.15, 0.2) is 23.3 Å². The van der Waals surface area contributed by atoms with E-state index < -0.39 is 0 Å². The summed E-state index contributed by atoms with van der Waals surface area (Å²) in [5.74, 6) is 0.922. The smallest absolute Gasteiger partial charge is 0.230 e. The van der Waals surface area contributed by atoms with E-state index in [-0.39, 0.29) is 35.3 Å². The van der Waals surface area contributed by atoms with Crippen LogP contribution in [0.3, 0.4) is 0 Å². The summed E-state index contributed by atoms with van der Waals surface area (Å²) < 4.78 is 0. The molecule has 0 bridgehead atoms. The molecular weight excluding hydrogens is 465 g/mol. The molecule has 0 unspecified atom stereocenters. The predicted molar refractivity (Wildman–Crippen MR) is 117 cm³/mol. The van der Waals surface area contributed by atoms with Crippen LogP contribution in [0.2, 0.25) is 5.15 Å². The second-order valence-electron chi connectivity index (χ2n) is 6.72. The van der Waals surface area contributed by atoms with Gasteiger partial charge in [0.05, 0.1) is 12.0 Å². The molecule has 0 saturated heterocycles. The Bertz CT molecular complexity index is 600. The molecule has 2 N–H and O–H groups in total. The minimum atomic E-state index is -0.318. The fourth-order valence-electron chi connectivity index (χ4n) is 3.26. The largest absolute Gasteiger partial charge is 0.357 e. The van der Waals surface area contributed by atoms with Crippen molar-refractivity contribution in [2.45, 2.75) is 39.2 Å². The van der Waals surface area contributed by atoms with Gasteiger partial charge in [-0.3, -0.25) is 4.79 Å². The topological polar surface area (TPSA) is 69.6 Å². The van der Waals surface area contributed by atoms with Crippen LogP contribution in [0, 0.1) is 5.41 Å². The van der Waals surface area contributed by atoms with Crippen LogP contribution in [0.4, 0.5) is 0 Å². The zero-order valence-electron chi connectivity index (χ0n) is 15.7. The standard InChI is InChI=1S/C18H28ClN5O.HI/c1-4-20-17(22-12-14-7-8-15(19)21-11-14)23-13-18(9-5-6-10-18)16(25)24(2)3;/h7-8,11H,4-6,9-10,12-13H2,1-3H3,(H2,20,22,23);1H. The Morgan fingerprint density at radius 3 is 2.54 bits per heavy atom. The lowest BCUT2D eigenvalue weighted by atomic mass is 9.84. The molecule has 1 aromatic rings. The lowest BCUT2D eigenvalue weighted by Crippen LogP contribution is -2.49. The third-order valence-corrected chi connectivity index (χ3v) is 4.79. The van der Waals surface area contributed by atoms with Gasteiger partial charge in [-0.05, 0) is 31.4 Å². The summed E-state index contributed by atoms with van der Waals surface area (Å²) in [6.07, 6.45) is 5.79. The Morgan fingerprint density at radius 1 is 1.31 bits per heavy atom. The predicted octanol–water partition coefficient (Wildman–Crippen LogP) is 3.06. The van der Waals surface area contributed by atoms with Gasteiger partial charge in [0.2, 0.25) is 5.91 Å². The first kappa shape index (κ1) is 23.0. The van der Waals surface area contributed by atoms with Gasteiger partial charge in [-0.1, -0.05) is 30.5 Å². The highest BCUT2D eigenvalue weighted by molar-refractivity contribution is 14.0. The molecule has 1 heterocycles. The molecule has 0 aromatic carbocycles. The molecule has 1 fully saturated rings. The van der Waals surface area contributed by atoms with Gasteiger partial charge in [0.1, 0.15) is 5.15 Å². The summed E-state index contributed by atoms with van der Waals surface area (Å²) in [6.45, 7) is 3.90. The van der Waals surface area contributed by atoms with Crippen LogP contribution < -0.4 is 10.6 Å². The van der Waals surface area contributed by atoms with Crippen LogP contribution in [0.5, 0.6) is 0 Å². The number of aromatic nitrogens is 1. The van der Waals surface area contributed by atoms with Crippen LogP contribution in [-0.4, -0.2) is 48.9 Å². The van der Waals surface area contributed by atoms with E-state index in [4.69, 9.17) is 11.6 Å². The highest BCUT2D eigenvalue weighted by atomic mass is 127. The molecule has 146 valence electrons. The fraction of sp³-hybridized carbons (Fsp3) is 0.611. The second kappa shape index (κ2) is 10.9. The van der Waals surface area contributed by atoms with Crippen molar-refractivity contribution in [1.29, 1.82) is 0 Å². The lowest BCUT2D eigenvalue weighted by molar-refractivity contribution is -0.138. The summed E-state index contributed by atoms with van der Waals surface area (Å²) in [5, 5.41) is 7.08. The molecule has 0 spiro atoms. The van der Waals surface area contributed by atoms with E-state index in [0.29, 0.717) is 18.2 Å².